The Morgan fingerprint density at radius 2 is 1.70 bits per heavy atom. The third-order valence-corrected chi connectivity index (χ3v) is 3.91. The lowest BCUT2D eigenvalue weighted by atomic mass is 10.1. The molecule has 0 bridgehead atoms. The molecule has 7 nitrogen and oxygen atoms in total. The van der Waals surface area contributed by atoms with Crippen molar-refractivity contribution in [3.05, 3.63) is 59.7 Å². The average Bonchev–Trinajstić information content (AvgIpc) is 3.06. The Morgan fingerprint density at radius 3 is 2.37 bits per heavy atom. The van der Waals surface area contributed by atoms with Crippen molar-refractivity contribution < 1.29 is 23.8 Å². The third-order valence-electron chi connectivity index (χ3n) is 3.91. The molecule has 0 fully saturated rings. The molecular formula is C20H18N2O5. The summed E-state index contributed by atoms with van der Waals surface area (Å²) in [6, 6.07) is 13.6. The molecule has 1 N–H and O–H groups in total. The SMILES string of the molecule is COc1ccc(-c2cc(N=NC(=O)c3ccc(C)cc3)c(O)o2)cc1OC. The number of benzene rings is 2. The highest BCUT2D eigenvalue weighted by molar-refractivity contribution is 5.94. The van der Waals surface area contributed by atoms with Gasteiger partial charge in [0, 0.05) is 17.2 Å². The summed E-state index contributed by atoms with van der Waals surface area (Å²) in [5.74, 6) is 0.498. The smallest absolute Gasteiger partial charge is 0.311 e. The number of hydrogen-bond donors (Lipinski definition) is 1. The van der Waals surface area contributed by atoms with Gasteiger partial charge in [0.1, 0.15) is 5.76 Å². The Kier molecular flexibility index (Phi) is 5.21. The van der Waals surface area contributed by atoms with E-state index in [0.717, 1.165) is 5.56 Å². The highest BCUT2D eigenvalue weighted by Crippen LogP contribution is 2.39. The van der Waals surface area contributed by atoms with Crippen molar-refractivity contribution in [1.29, 1.82) is 0 Å². The Balaban J connectivity index is 1.84. The van der Waals surface area contributed by atoms with E-state index in [9.17, 15) is 9.90 Å². The van der Waals surface area contributed by atoms with Gasteiger partial charge in [0.05, 0.1) is 14.2 Å². The van der Waals surface area contributed by atoms with E-state index in [4.69, 9.17) is 13.9 Å². The minimum atomic E-state index is -0.511. The van der Waals surface area contributed by atoms with Crippen molar-refractivity contribution in [2.75, 3.05) is 14.2 Å². The number of azo groups is 1. The second-order valence-corrected chi connectivity index (χ2v) is 5.74. The molecule has 1 amide bonds. The van der Waals surface area contributed by atoms with Crippen LogP contribution in [0.15, 0.2) is 63.2 Å². The number of ether oxygens (including phenoxy) is 2. The maximum Gasteiger partial charge on any atom is 0.311 e. The molecule has 0 spiro atoms. The van der Waals surface area contributed by atoms with Gasteiger partial charge in [-0.2, -0.15) is 0 Å². The number of hydrogen-bond acceptors (Lipinski definition) is 6. The summed E-state index contributed by atoms with van der Waals surface area (Å²) in [6.45, 7) is 1.93. The number of methoxy groups -OCH3 is 2. The average molecular weight is 366 g/mol. The van der Waals surface area contributed by atoms with Gasteiger partial charge in [-0.3, -0.25) is 4.79 Å². The molecule has 0 aliphatic carbocycles. The van der Waals surface area contributed by atoms with E-state index in [1.807, 2.05) is 19.1 Å². The number of amides is 1. The first-order valence-electron chi connectivity index (χ1n) is 8.09. The standard InChI is InChI=1S/C20H18N2O5/c1-12-4-6-13(7-5-12)19(23)22-21-15-11-17(27-20(15)24)14-8-9-16(25-2)18(10-14)26-3/h4-11,24H,1-3H3. The molecule has 0 aliphatic heterocycles. The van der Waals surface area contributed by atoms with Crippen LogP contribution in [0.1, 0.15) is 15.9 Å². The van der Waals surface area contributed by atoms with Gasteiger partial charge in [-0.25, -0.2) is 0 Å². The van der Waals surface area contributed by atoms with Crippen molar-refractivity contribution in [3.8, 4) is 28.8 Å². The highest BCUT2D eigenvalue weighted by Gasteiger charge is 2.14. The maximum atomic E-state index is 12.1. The van der Waals surface area contributed by atoms with E-state index >= 15 is 0 Å². The molecule has 0 saturated carbocycles. The van der Waals surface area contributed by atoms with Crippen molar-refractivity contribution in [1.82, 2.24) is 0 Å². The van der Waals surface area contributed by atoms with Crippen molar-refractivity contribution in [2.24, 2.45) is 10.2 Å². The van der Waals surface area contributed by atoms with E-state index in [2.05, 4.69) is 10.2 Å². The Hall–Kier alpha value is -3.61. The topological polar surface area (TPSA) is 93.6 Å². The van der Waals surface area contributed by atoms with E-state index < -0.39 is 11.9 Å². The summed E-state index contributed by atoms with van der Waals surface area (Å²) >= 11 is 0. The van der Waals surface area contributed by atoms with E-state index in [1.165, 1.54) is 13.2 Å². The number of aromatic hydroxyl groups is 1. The minimum absolute atomic E-state index is 0.0558. The van der Waals surface area contributed by atoms with Gasteiger partial charge in [0.15, 0.2) is 17.2 Å². The van der Waals surface area contributed by atoms with E-state index in [0.29, 0.717) is 28.4 Å². The lowest BCUT2D eigenvalue weighted by Gasteiger charge is -2.08. The normalized spacial score (nSPS) is 10.9. The van der Waals surface area contributed by atoms with Crippen LogP contribution in [0, 0.1) is 6.92 Å². The molecule has 2 aromatic carbocycles. The summed E-state index contributed by atoms with van der Waals surface area (Å²) < 4.78 is 15.8. The van der Waals surface area contributed by atoms with Crippen LogP contribution in [-0.4, -0.2) is 25.2 Å². The van der Waals surface area contributed by atoms with Crippen LogP contribution in [0.25, 0.3) is 11.3 Å². The van der Waals surface area contributed by atoms with Crippen molar-refractivity contribution in [3.63, 3.8) is 0 Å². The number of rotatable bonds is 5. The van der Waals surface area contributed by atoms with Gasteiger partial charge >= 0.3 is 5.95 Å². The Morgan fingerprint density at radius 1 is 1.00 bits per heavy atom. The van der Waals surface area contributed by atoms with Crippen molar-refractivity contribution >= 4 is 11.6 Å². The predicted octanol–water partition coefficient (Wildman–Crippen LogP) is 4.90. The molecule has 3 rings (SSSR count). The van der Waals surface area contributed by atoms with Crippen LogP contribution in [0.4, 0.5) is 5.69 Å². The zero-order chi connectivity index (χ0) is 19.4. The predicted molar refractivity (Wildman–Crippen MR) is 98.9 cm³/mol. The maximum absolute atomic E-state index is 12.1. The molecule has 0 aliphatic rings. The first-order chi connectivity index (χ1) is 13.0. The molecule has 0 atom stereocenters. The van der Waals surface area contributed by atoms with E-state index in [1.54, 1.807) is 37.4 Å². The second kappa shape index (κ2) is 7.74. The lowest BCUT2D eigenvalue weighted by Crippen LogP contribution is -1.92. The minimum Gasteiger partial charge on any atom is -0.493 e. The summed E-state index contributed by atoms with van der Waals surface area (Å²) in [7, 11) is 3.07. The molecule has 0 radical (unpaired) electrons. The van der Waals surface area contributed by atoms with Gasteiger partial charge in [-0.15, -0.1) is 10.2 Å². The molecule has 27 heavy (non-hydrogen) atoms. The van der Waals surface area contributed by atoms with Gasteiger partial charge < -0.3 is 19.0 Å². The van der Waals surface area contributed by atoms with Crippen LogP contribution < -0.4 is 9.47 Å². The highest BCUT2D eigenvalue weighted by atomic mass is 16.5. The fourth-order valence-electron chi connectivity index (χ4n) is 2.43. The zero-order valence-corrected chi connectivity index (χ0v) is 15.1. The molecule has 1 aromatic heterocycles. The largest absolute Gasteiger partial charge is 0.493 e. The molecule has 1 heterocycles. The molecule has 0 unspecified atom stereocenters. The van der Waals surface area contributed by atoms with E-state index in [-0.39, 0.29) is 5.69 Å². The van der Waals surface area contributed by atoms with Crippen molar-refractivity contribution in [2.45, 2.75) is 6.92 Å². The molecule has 7 heteroatoms. The zero-order valence-electron chi connectivity index (χ0n) is 15.1. The molecule has 0 saturated heterocycles. The van der Waals surface area contributed by atoms with Gasteiger partial charge in [-0.05, 0) is 37.3 Å². The molecule has 138 valence electrons. The Bertz CT molecular complexity index is 990. The molecule has 3 aromatic rings. The lowest BCUT2D eigenvalue weighted by molar-refractivity contribution is 0.0995. The second-order valence-electron chi connectivity index (χ2n) is 5.74. The summed E-state index contributed by atoms with van der Waals surface area (Å²) in [5.41, 5.74) is 2.15. The van der Waals surface area contributed by atoms with Gasteiger partial charge in [0.2, 0.25) is 0 Å². The van der Waals surface area contributed by atoms with Crippen LogP contribution in [-0.2, 0) is 0 Å². The summed E-state index contributed by atoms with van der Waals surface area (Å²) in [6.07, 6.45) is 0. The van der Waals surface area contributed by atoms with Gasteiger partial charge in [-0.1, -0.05) is 17.7 Å². The molecular weight excluding hydrogens is 348 g/mol. The number of nitrogens with zero attached hydrogens (tertiary/aromatic N) is 2. The quantitative estimate of drug-likeness (QED) is 0.648. The first kappa shape index (κ1) is 18.2. The van der Waals surface area contributed by atoms with Crippen LogP contribution in [0.3, 0.4) is 0 Å². The number of carbonyl (C=O) groups is 1. The third kappa shape index (κ3) is 3.98. The number of carbonyl (C=O) groups excluding carboxylic acids is 1. The number of aryl methyl sites for hydroxylation is 1. The first-order valence-corrected chi connectivity index (χ1v) is 8.09. The monoisotopic (exact) mass is 366 g/mol. The summed E-state index contributed by atoms with van der Waals surface area (Å²) in [4.78, 5) is 12.1. The van der Waals surface area contributed by atoms with Gasteiger partial charge in [0.25, 0.3) is 5.91 Å². The van der Waals surface area contributed by atoms with Crippen LogP contribution >= 0.6 is 0 Å². The van der Waals surface area contributed by atoms with Crippen LogP contribution in [0.2, 0.25) is 0 Å². The summed E-state index contributed by atoms with van der Waals surface area (Å²) in [5, 5.41) is 17.4. The fraction of sp³-hybridized carbons (Fsp3) is 0.150. The fourth-order valence-corrected chi connectivity index (χ4v) is 2.43. The Labute approximate surface area is 155 Å². The van der Waals surface area contributed by atoms with Crippen LogP contribution in [0.5, 0.6) is 17.4 Å². The number of furan rings is 1.